The molecule has 6 rings (SSSR count). The minimum absolute atomic E-state index is 0. The third-order valence-corrected chi connectivity index (χ3v) is 10.7. The number of hydroxylamine groups is 3. The quantitative estimate of drug-likeness (QED) is 0.0853. The minimum Gasteiger partial charge on any atom is -1.00 e. The fraction of sp³-hybridized carbons (Fsp3) is 0.481. The smallest absolute Gasteiger partial charge is 1.00 e. The number of hydrazine groups is 1. The number of hydrogen-bond acceptors (Lipinski definition) is 10. The Labute approximate surface area is 310 Å². The number of hydrogen-bond donors (Lipinski definition) is 2. The van der Waals surface area contributed by atoms with Crippen LogP contribution in [0.4, 0.5) is 10.1 Å². The molecule has 1 saturated carbocycles. The van der Waals surface area contributed by atoms with Crippen molar-refractivity contribution in [2.24, 2.45) is 5.92 Å². The number of ketones is 1. The SMILES string of the molecule is C[C@@H](O)[C@@H]1C[N+]2([O-])C(C(=O)[O-])=C(CN(C=S)N3CCN([N+]4(C5CC5)C=C(C(=O)O)C(=O)c5cc(F)ccc54)CC3)S[C@H]12.[H-].[H-].[Na+].[Na+]. The van der Waals surface area contributed by atoms with Crippen LogP contribution in [-0.2, 0) is 9.59 Å². The van der Waals surface area contributed by atoms with E-state index in [9.17, 15) is 39.3 Å². The summed E-state index contributed by atoms with van der Waals surface area (Å²) in [6.07, 6.45) is 2.36. The fourth-order valence-electron chi connectivity index (χ4n) is 6.74. The summed E-state index contributed by atoms with van der Waals surface area (Å²) in [5.41, 5.74) is 1.27. The molecule has 3 fully saturated rings. The topological polar surface area (TPSA) is 148 Å². The van der Waals surface area contributed by atoms with Gasteiger partial charge in [0.15, 0.2) is 22.3 Å². The van der Waals surface area contributed by atoms with E-state index in [2.05, 4.69) is 5.01 Å². The number of carboxylic acid groups (broad SMARTS) is 2. The number of nitrogens with zero attached hydrogens (tertiary/aromatic N) is 5. The molecule has 2 saturated heterocycles. The molecule has 0 bridgehead atoms. The number of aliphatic hydroxyl groups excluding tert-OH is 1. The van der Waals surface area contributed by atoms with Gasteiger partial charge < -0.3 is 32.8 Å². The van der Waals surface area contributed by atoms with Crippen LogP contribution >= 0.6 is 24.0 Å². The van der Waals surface area contributed by atoms with Gasteiger partial charge in [-0.2, -0.15) is 4.59 Å². The Morgan fingerprint density at radius 3 is 2.48 bits per heavy atom. The van der Waals surface area contributed by atoms with Crippen LogP contribution in [0.15, 0.2) is 40.6 Å². The number of aliphatic carboxylic acids is 2. The van der Waals surface area contributed by atoms with Crippen molar-refractivity contribution in [1.82, 2.24) is 19.6 Å². The number of quaternary nitrogens is 2. The first-order valence-corrected chi connectivity index (χ1v) is 15.1. The van der Waals surface area contributed by atoms with E-state index in [1.165, 1.54) is 17.8 Å². The van der Waals surface area contributed by atoms with E-state index in [-0.39, 0.29) is 103 Å². The van der Waals surface area contributed by atoms with Gasteiger partial charge in [-0.3, -0.25) is 9.80 Å². The number of rotatable bonds is 9. The number of benzene rings is 1. The van der Waals surface area contributed by atoms with Crippen molar-refractivity contribution in [2.45, 2.75) is 37.3 Å². The van der Waals surface area contributed by atoms with Crippen LogP contribution in [0.2, 0.25) is 0 Å². The zero-order chi connectivity index (χ0) is 30.1. The number of thiocarbonyl (C=S) groups is 1. The molecular formula is C27H32FN5Na2O7S2. The Balaban J connectivity index is 0.00000184. The van der Waals surface area contributed by atoms with Crippen LogP contribution in [-0.4, -0.2) is 110 Å². The standard InChI is InChI=1S/C27H30FN5O7S2.2Na.2H/c1-15(34)19-13-33(40)23(27(38)39)22(42-25(19)33)11-30(14-41)29-6-8-31(9-7-29)32(17-3-4-17)12-20(26(36)37)24(35)18-10-16(28)2-5-21(18)32;;;;/h2,5,10,12,14-15,17,19,25,34H,3-4,6-9,11,13H2,1H3,(H-,36,37,38,39);;;;/q;2*+1;2*-1/t15-,19+,25-,32?,33?;;;;/m1..../s1. The number of piperazine rings is 1. The number of carbonyl (C=O) groups excluding carboxylic acids is 2. The number of carbonyl (C=O) groups is 3. The monoisotopic (exact) mass is 667 g/mol. The Hall–Kier alpha value is -0.760. The molecule has 5 aliphatic rings. The molecule has 2 N–H and O–H groups in total. The average molecular weight is 668 g/mol. The van der Waals surface area contributed by atoms with E-state index in [0.29, 0.717) is 36.8 Å². The normalized spacial score (nSPS) is 30.5. The molecule has 17 heteroatoms. The van der Waals surface area contributed by atoms with Crippen molar-refractivity contribution >= 4 is 52.9 Å². The van der Waals surface area contributed by atoms with E-state index in [1.807, 2.05) is 5.01 Å². The first kappa shape index (κ1) is 36.1. The molecule has 0 radical (unpaired) electrons. The summed E-state index contributed by atoms with van der Waals surface area (Å²) in [6.45, 7) is 3.33. The summed E-state index contributed by atoms with van der Waals surface area (Å²) in [6, 6.07) is 3.94. The molecule has 12 nitrogen and oxygen atoms in total. The van der Waals surface area contributed by atoms with Crippen LogP contribution in [0.3, 0.4) is 0 Å². The number of Topliss-reactive ketones (excluding diaryl/α,β-unsaturated/α-hetero) is 1. The van der Waals surface area contributed by atoms with E-state index in [0.717, 1.165) is 30.7 Å². The first-order chi connectivity index (χ1) is 19.9. The second-order valence-electron chi connectivity index (χ2n) is 11.4. The predicted molar refractivity (Wildman–Crippen MR) is 154 cm³/mol. The summed E-state index contributed by atoms with van der Waals surface area (Å²) in [4.78, 5) is 37.5. The van der Waals surface area contributed by atoms with Gasteiger partial charge in [0.1, 0.15) is 24.0 Å². The molecule has 0 aromatic heterocycles. The second-order valence-corrected chi connectivity index (χ2v) is 12.8. The number of thioether (sulfide) groups is 1. The van der Waals surface area contributed by atoms with Gasteiger partial charge in [-0.25, -0.2) is 14.2 Å². The van der Waals surface area contributed by atoms with Gasteiger partial charge >= 0.3 is 65.1 Å². The predicted octanol–water partition coefficient (Wildman–Crippen LogP) is -5.24. The molecule has 1 aliphatic carbocycles. The van der Waals surface area contributed by atoms with Crippen LogP contribution in [0.1, 0.15) is 33.0 Å². The number of halogens is 1. The van der Waals surface area contributed by atoms with Crippen LogP contribution in [0, 0.1) is 16.9 Å². The molecule has 44 heavy (non-hydrogen) atoms. The minimum atomic E-state index is -1.53. The fourth-order valence-corrected chi connectivity index (χ4v) is 8.64. The first-order valence-electron chi connectivity index (χ1n) is 13.7. The van der Waals surface area contributed by atoms with E-state index in [4.69, 9.17) is 12.2 Å². The molecule has 4 heterocycles. The van der Waals surface area contributed by atoms with Crippen molar-refractivity contribution in [3.8, 4) is 0 Å². The van der Waals surface area contributed by atoms with Crippen molar-refractivity contribution in [3.05, 3.63) is 57.2 Å². The van der Waals surface area contributed by atoms with Gasteiger partial charge in [0.25, 0.3) is 0 Å². The Morgan fingerprint density at radius 1 is 1.27 bits per heavy atom. The summed E-state index contributed by atoms with van der Waals surface area (Å²) in [5, 5.41) is 50.4. The molecular weight excluding hydrogens is 635 g/mol. The van der Waals surface area contributed by atoms with Crippen molar-refractivity contribution in [3.63, 3.8) is 0 Å². The van der Waals surface area contributed by atoms with Gasteiger partial charge in [0.2, 0.25) is 5.78 Å². The zero-order valence-corrected chi connectivity index (χ0v) is 30.4. The van der Waals surface area contributed by atoms with Crippen molar-refractivity contribution in [2.75, 3.05) is 39.3 Å². The largest absolute Gasteiger partial charge is 1.00 e. The Kier molecular flexibility index (Phi) is 11.0. The van der Waals surface area contributed by atoms with Gasteiger partial charge in [-0.1, -0.05) is 24.0 Å². The summed E-state index contributed by atoms with van der Waals surface area (Å²) < 4.78 is 13.2. The average Bonchev–Trinajstić information content (AvgIpc) is 3.76. The van der Waals surface area contributed by atoms with Crippen LogP contribution in [0.25, 0.3) is 0 Å². The van der Waals surface area contributed by atoms with Gasteiger partial charge in [0, 0.05) is 32.0 Å². The maximum absolute atomic E-state index is 14.2. The van der Waals surface area contributed by atoms with Crippen molar-refractivity contribution < 1.29 is 101 Å². The number of aliphatic hydroxyl groups is 1. The third-order valence-electron chi connectivity index (χ3n) is 8.96. The third kappa shape index (κ3) is 5.81. The molecule has 5 atom stereocenters. The zero-order valence-electron chi connectivity index (χ0n) is 26.7. The van der Waals surface area contributed by atoms with E-state index >= 15 is 0 Å². The summed E-state index contributed by atoms with van der Waals surface area (Å²) >= 11 is 6.44. The Morgan fingerprint density at radius 2 is 1.93 bits per heavy atom. The van der Waals surface area contributed by atoms with Gasteiger partial charge in [0.05, 0.1) is 54.2 Å². The van der Waals surface area contributed by atoms with Crippen LogP contribution < -0.4 is 68.8 Å². The maximum Gasteiger partial charge on any atom is 1.00 e. The second kappa shape index (κ2) is 13.4. The van der Waals surface area contributed by atoms with E-state index in [1.54, 1.807) is 18.0 Å². The van der Waals surface area contributed by atoms with Gasteiger partial charge in [-0.15, -0.1) is 5.01 Å². The molecule has 2 unspecified atom stereocenters. The summed E-state index contributed by atoms with van der Waals surface area (Å²) in [7, 11) is 0. The molecule has 4 aliphatic heterocycles. The molecule has 1 aromatic carbocycles. The maximum atomic E-state index is 14.2. The molecule has 228 valence electrons. The van der Waals surface area contributed by atoms with Crippen LogP contribution in [0.5, 0.6) is 0 Å². The Bertz CT molecular complexity index is 1470. The van der Waals surface area contributed by atoms with Crippen molar-refractivity contribution in [1.29, 1.82) is 0 Å². The van der Waals surface area contributed by atoms with Gasteiger partial charge in [-0.05, 0) is 19.1 Å². The number of carboxylic acids is 2. The molecule has 0 spiro atoms. The number of fused-ring (bicyclic) bond motifs is 2. The molecule has 0 amide bonds. The summed E-state index contributed by atoms with van der Waals surface area (Å²) in [5.74, 6) is -4.56. The van der Waals surface area contributed by atoms with E-state index < -0.39 is 45.2 Å². The molecule has 1 aromatic rings.